The van der Waals surface area contributed by atoms with Gasteiger partial charge in [-0.05, 0) is 43.4 Å². The molecule has 2 heterocycles. The van der Waals surface area contributed by atoms with Gasteiger partial charge in [-0.1, -0.05) is 18.2 Å². The number of fused-ring (bicyclic) bond motifs is 1. The summed E-state index contributed by atoms with van der Waals surface area (Å²) in [5.74, 6) is 0.160. The molecule has 2 fully saturated rings. The van der Waals surface area contributed by atoms with Gasteiger partial charge >= 0.3 is 0 Å². The highest BCUT2D eigenvalue weighted by atomic mass is 16.5. The number of aromatic nitrogens is 1. The van der Waals surface area contributed by atoms with Crippen molar-refractivity contribution in [2.24, 2.45) is 0 Å². The number of hydrogen-bond acceptors (Lipinski definition) is 3. The standard InChI is InChI=1S/C18H20N2O2/c21-18(17-6-3-9-22-17)20(15-7-8-15)12-13-10-14-4-1-2-5-16(14)19-11-13/h1-2,4-5,10-11,15,17H,3,6-9,12H2/t17-/m1/s1. The van der Waals surface area contributed by atoms with E-state index in [1.807, 2.05) is 29.3 Å². The molecule has 0 N–H and O–H groups in total. The Balaban J connectivity index is 1.56. The van der Waals surface area contributed by atoms with E-state index < -0.39 is 0 Å². The summed E-state index contributed by atoms with van der Waals surface area (Å²) in [5, 5.41) is 1.13. The molecule has 1 saturated heterocycles. The molecule has 1 aromatic heterocycles. The van der Waals surface area contributed by atoms with Crippen molar-refractivity contribution in [1.29, 1.82) is 0 Å². The highest BCUT2D eigenvalue weighted by Gasteiger charge is 2.37. The van der Waals surface area contributed by atoms with Crippen molar-refractivity contribution in [3.8, 4) is 0 Å². The van der Waals surface area contributed by atoms with Crippen molar-refractivity contribution in [2.75, 3.05) is 6.61 Å². The van der Waals surface area contributed by atoms with Gasteiger partial charge in [0.25, 0.3) is 5.91 Å². The zero-order chi connectivity index (χ0) is 14.9. The van der Waals surface area contributed by atoms with Crippen LogP contribution in [0.4, 0.5) is 0 Å². The maximum absolute atomic E-state index is 12.7. The SMILES string of the molecule is O=C([C@H]1CCCO1)N(Cc1cnc2ccccc2c1)C1CC1. The predicted molar refractivity (Wildman–Crippen MR) is 84.3 cm³/mol. The number of carbonyl (C=O) groups is 1. The first-order valence-corrected chi connectivity index (χ1v) is 8.07. The molecule has 0 spiro atoms. The predicted octanol–water partition coefficient (Wildman–Crippen LogP) is 2.90. The monoisotopic (exact) mass is 296 g/mol. The molecule has 1 amide bonds. The fourth-order valence-corrected chi connectivity index (χ4v) is 3.13. The number of ether oxygens (including phenoxy) is 1. The number of amides is 1. The number of hydrogen-bond donors (Lipinski definition) is 0. The third kappa shape index (κ3) is 2.71. The number of carbonyl (C=O) groups excluding carboxylic acids is 1. The second kappa shape index (κ2) is 5.69. The van der Waals surface area contributed by atoms with Gasteiger partial charge in [-0.15, -0.1) is 0 Å². The number of nitrogens with zero attached hydrogens (tertiary/aromatic N) is 2. The highest BCUT2D eigenvalue weighted by molar-refractivity contribution is 5.82. The minimum absolute atomic E-state index is 0.160. The molecule has 4 heteroatoms. The molecule has 22 heavy (non-hydrogen) atoms. The molecule has 4 nitrogen and oxygen atoms in total. The van der Waals surface area contributed by atoms with Crippen LogP contribution in [-0.2, 0) is 16.1 Å². The zero-order valence-corrected chi connectivity index (χ0v) is 12.6. The lowest BCUT2D eigenvalue weighted by atomic mass is 10.1. The normalized spacial score (nSPS) is 21.2. The summed E-state index contributed by atoms with van der Waals surface area (Å²) in [6, 6.07) is 10.6. The van der Waals surface area contributed by atoms with Crippen LogP contribution >= 0.6 is 0 Å². The van der Waals surface area contributed by atoms with Crippen LogP contribution in [0, 0.1) is 0 Å². The maximum atomic E-state index is 12.7. The zero-order valence-electron chi connectivity index (χ0n) is 12.6. The van der Waals surface area contributed by atoms with Gasteiger partial charge in [-0.2, -0.15) is 0 Å². The Bertz CT molecular complexity index is 690. The van der Waals surface area contributed by atoms with Gasteiger partial charge in [0, 0.05) is 30.8 Å². The van der Waals surface area contributed by atoms with E-state index in [-0.39, 0.29) is 12.0 Å². The fourth-order valence-electron chi connectivity index (χ4n) is 3.13. The molecule has 0 unspecified atom stereocenters. The summed E-state index contributed by atoms with van der Waals surface area (Å²) >= 11 is 0. The molecule has 1 aliphatic carbocycles. The lowest BCUT2D eigenvalue weighted by molar-refractivity contribution is -0.142. The molecule has 1 atom stereocenters. The number of para-hydroxylation sites is 1. The van der Waals surface area contributed by atoms with E-state index in [4.69, 9.17) is 4.74 Å². The Labute approximate surface area is 130 Å². The summed E-state index contributed by atoms with van der Waals surface area (Å²) in [5.41, 5.74) is 2.09. The smallest absolute Gasteiger partial charge is 0.252 e. The molecule has 4 rings (SSSR count). The number of benzene rings is 1. The lowest BCUT2D eigenvalue weighted by Gasteiger charge is -2.25. The molecule has 1 aliphatic heterocycles. The van der Waals surface area contributed by atoms with E-state index in [1.165, 1.54) is 0 Å². The third-order valence-corrected chi connectivity index (χ3v) is 4.48. The minimum Gasteiger partial charge on any atom is -0.368 e. The van der Waals surface area contributed by atoms with Crippen LogP contribution in [0.3, 0.4) is 0 Å². The lowest BCUT2D eigenvalue weighted by Crippen LogP contribution is -2.39. The highest BCUT2D eigenvalue weighted by Crippen LogP contribution is 2.31. The van der Waals surface area contributed by atoms with E-state index in [9.17, 15) is 4.79 Å². The third-order valence-electron chi connectivity index (χ3n) is 4.48. The molecule has 2 aromatic rings. The number of rotatable bonds is 4. The van der Waals surface area contributed by atoms with E-state index in [0.717, 1.165) is 42.1 Å². The van der Waals surface area contributed by atoms with Gasteiger partial charge in [-0.3, -0.25) is 9.78 Å². The Kier molecular flexibility index (Phi) is 3.54. The molecule has 0 radical (unpaired) electrons. The largest absolute Gasteiger partial charge is 0.368 e. The molecule has 2 aliphatic rings. The fraction of sp³-hybridized carbons (Fsp3) is 0.444. The van der Waals surface area contributed by atoms with Gasteiger partial charge in [-0.25, -0.2) is 0 Å². The second-order valence-corrected chi connectivity index (χ2v) is 6.24. The van der Waals surface area contributed by atoms with E-state index in [1.54, 1.807) is 0 Å². The number of pyridine rings is 1. The van der Waals surface area contributed by atoms with Crippen LogP contribution in [-0.4, -0.2) is 34.5 Å². The quantitative estimate of drug-likeness (QED) is 0.871. The molecule has 114 valence electrons. The van der Waals surface area contributed by atoms with Crippen LogP contribution in [0.2, 0.25) is 0 Å². The van der Waals surface area contributed by atoms with Crippen LogP contribution < -0.4 is 0 Å². The average molecular weight is 296 g/mol. The first-order chi connectivity index (χ1) is 10.8. The van der Waals surface area contributed by atoms with Gasteiger partial charge in [0.2, 0.25) is 0 Å². The van der Waals surface area contributed by atoms with Crippen molar-refractivity contribution in [3.05, 3.63) is 42.1 Å². The summed E-state index contributed by atoms with van der Waals surface area (Å²) < 4.78 is 5.57. The molecule has 1 saturated carbocycles. The second-order valence-electron chi connectivity index (χ2n) is 6.24. The Hall–Kier alpha value is -1.94. The Morgan fingerprint density at radius 2 is 2.14 bits per heavy atom. The van der Waals surface area contributed by atoms with Crippen molar-refractivity contribution < 1.29 is 9.53 Å². The van der Waals surface area contributed by atoms with Crippen LogP contribution in [0.25, 0.3) is 10.9 Å². The maximum Gasteiger partial charge on any atom is 0.252 e. The average Bonchev–Trinajstić information content (AvgIpc) is 3.25. The molecule has 1 aromatic carbocycles. The Morgan fingerprint density at radius 1 is 1.27 bits per heavy atom. The van der Waals surface area contributed by atoms with Crippen molar-refractivity contribution in [3.63, 3.8) is 0 Å². The summed E-state index contributed by atoms with van der Waals surface area (Å²) in [4.78, 5) is 19.2. The van der Waals surface area contributed by atoms with E-state index in [0.29, 0.717) is 19.2 Å². The minimum atomic E-state index is -0.228. The van der Waals surface area contributed by atoms with Crippen LogP contribution in [0.1, 0.15) is 31.2 Å². The van der Waals surface area contributed by atoms with Gasteiger partial charge in [0.05, 0.1) is 5.52 Å². The van der Waals surface area contributed by atoms with Gasteiger partial charge < -0.3 is 9.64 Å². The molecular weight excluding hydrogens is 276 g/mol. The van der Waals surface area contributed by atoms with Gasteiger partial charge in [0.15, 0.2) is 0 Å². The molecular formula is C18H20N2O2. The van der Waals surface area contributed by atoms with Crippen molar-refractivity contribution >= 4 is 16.8 Å². The first-order valence-electron chi connectivity index (χ1n) is 8.07. The van der Waals surface area contributed by atoms with Crippen LogP contribution in [0.5, 0.6) is 0 Å². The van der Waals surface area contributed by atoms with Crippen LogP contribution in [0.15, 0.2) is 36.5 Å². The first kappa shape index (κ1) is 13.7. The Morgan fingerprint density at radius 3 is 2.91 bits per heavy atom. The summed E-state index contributed by atoms with van der Waals surface area (Å²) in [6.45, 7) is 1.35. The van der Waals surface area contributed by atoms with Gasteiger partial charge in [0.1, 0.15) is 6.10 Å². The van der Waals surface area contributed by atoms with Crippen molar-refractivity contribution in [2.45, 2.75) is 44.4 Å². The summed E-state index contributed by atoms with van der Waals surface area (Å²) in [7, 11) is 0. The molecule has 0 bridgehead atoms. The topological polar surface area (TPSA) is 42.4 Å². The van der Waals surface area contributed by atoms with Crippen molar-refractivity contribution in [1.82, 2.24) is 9.88 Å². The van der Waals surface area contributed by atoms with E-state index >= 15 is 0 Å². The van der Waals surface area contributed by atoms with E-state index in [2.05, 4.69) is 17.1 Å². The summed E-state index contributed by atoms with van der Waals surface area (Å²) in [6.07, 6.45) is 5.73.